The van der Waals surface area contributed by atoms with E-state index in [4.69, 9.17) is 0 Å². The molecule has 0 aromatic carbocycles. The molecule has 2 heterocycles. The van der Waals surface area contributed by atoms with E-state index in [1.807, 2.05) is 0 Å². The fourth-order valence-corrected chi connectivity index (χ4v) is 1.55. The quantitative estimate of drug-likeness (QED) is 0.389. The molecule has 2 aliphatic heterocycles. The predicted molar refractivity (Wildman–Crippen MR) is 36.0 cm³/mol. The highest BCUT2D eigenvalue weighted by molar-refractivity contribution is 5.77. The summed E-state index contributed by atoms with van der Waals surface area (Å²) >= 11 is 0. The number of carbonyl (C=O) groups is 1. The number of piperidine rings is 1. The van der Waals surface area contributed by atoms with E-state index in [0.717, 1.165) is 13.1 Å². The van der Waals surface area contributed by atoms with Gasteiger partial charge in [0.05, 0.1) is 0 Å². The third-order valence-corrected chi connectivity index (χ3v) is 2.19. The largest absolute Gasteiger partial charge is 0.354 e. The second-order valence-corrected chi connectivity index (χ2v) is 2.90. The zero-order chi connectivity index (χ0) is 6.97. The van der Waals surface area contributed by atoms with Gasteiger partial charge < -0.3 is 5.32 Å². The van der Waals surface area contributed by atoms with Gasteiger partial charge in [-0.1, -0.05) is 0 Å². The van der Waals surface area contributed by atoms with Crippen molar-refractivity contribution in [1.29, 1.82) is 0 Å². The van der Waals surface area contributed by atoms with Crippen LogP contribution in [0.4, 0.5) is 0 Å². The van der Waals surface area contributed by atoms with Crippen molar-refractivity contribution < 1.29 is 4.79 Å². The van der Waals surface area contributed by atoms with Gasteiger partial charge in [0.25, 0.3) is 0 Å². The van der Waals surface area contributed by atoms with E-state index in [2.05, 4.69) is 16.2 Å². The molecule has 2 atom stereocenters. The molecule has 3 N–H and O–H groups in total. The third-order valence-electron chi connectivity index (χ3n) is 2.19. The molecule has 0 spiro atoms. The van der Waals surface area contributed by atoms with Crippen LogP contribution in [0.3, 0.4) is 0 Å². The molecule has 0 aliphatic carbocycles. The van der Waals surface area contributed by atoms with Gasteiger partial charge in [-0.2, -0.15) is 0 Å². The molecule has 2 saturated heterocycles. The summed E-state index contributed by atoms with van der Waals surface area (Å²) in [4.78, 5) is 10.8. The van der Waals surface area contributed by atoms with E-state index in [9.17, 15) is 4.79 Å². The van der Waals surface area contributed by atoms with E-state index in [1.165, 1.54) is 0 Å². The first-order valence-electron chi connectivity index (χ1n) is 3.61. The van der Waals surface area contributed by atoms with E-state index >= 15 is 0 Å². The van der Waals surface area contributed by atoms with E-state index in [0.29, 0.717) is 18.4 Å². The number of hydrogen-bond donors (Lipinski definition) is 3. The van der Waals surface area contributed by atoms with Gasteiger partial charge in [0.15, 0.2) is 0 Å². The second kappa shape index (κ2) is 2.21. The summed E-state index contributed by atoms with van der Waals surface area (Å²) in [6.07, 6.45) is 0.671. The van der Waals surface area contributed by atoms with Crippen LogP contribution in [0.1, 0.15) is 6.42 Å². The SMILES string of the molecule is O=C1CC2CNNC2CN1. The maximum absolute atomic E-state index is 10.8. The van der Waals surface area contributed by atoms with E-state index < -0.39 is 0 Å². The van der Waals surface area contributed by atoms with Crippen LogP contribution in [0.2, 0.25) is 0 Å². The number of carbonyl (C=O) groups excluding carboxylic acids is 1. The molecule has 0 aromatic heterocycles. The monoisotopic (exact) mass is 141 g/mol. The maximum atomic E-state index is 10.8. The van der Waals surface area contributed by atoms with Gasteiger partial charge in [0.1, 0.15) is 0 Å². The van der Waals surface area contributed by atoms with Gasteiger partial charge in [-0.05, 0) is 5.92 Å². The van der Waals surface area contributed by atoms with E-state index in [1.54, 1.807) is 0 Å². The van der Waals surface area contributed by atoms with Gasteiger partial charge in [-0.15, -0.1) is 0 Å². The first-order valence-corrected chi connectivity index (χ1v) is 3.61. The first-order chi connectivity index (χ1) is 4.86. The molecule has 2 unspecified atom stereocenters. The first kappa shape index (κ1) is 6.12. The molecule has 56 valence electrons. The van der Waals surface area contributed by atoms with Crippen LogP contribution < -0.4 is 16.2 Å². The van der Waals surface area contributed by atoms with Gasteiger partial charge >= 0.3 is 0 Å². The van der Waals surface area contributed by atoms with Gasteiger partial charge in [0.2, 0.25) is 5.91 Å². The highest BCUT2D eigenvalue weighted by atomic mass is 16.1. The number of hydrazine groups is 1. The summed E-state index contributed by atoms with van der Waals surface area (Å²) in [5.74, 6) is 0.695. The Morgan fingerprint density at radius 1 is 1.40 bits per heavy atom. The van der Waals surface area contributed by atoms with Crippen LogP contribution in [0, 0.1) is 5.92 Å². The van der Waals surface area contributed by atoms with Crippen LogP contribution in [-0.4, -0.2) is 25.0 Å². The topological polar surface area (TPSA) is 53.2 Å². The lowest BCUT2D eigenvalue weighted by atomic mass is 9.95. The number of fused-ring (bicyclic) bond motifs is 1. The Bertz CT molecular complexity index is 159. The normalized spacial score (nSPS) is 39.0. The van der Waals surface area contributed by atoms with Crippen molar-refractivity contribution in [3.63, 3.8) is 0 Å². The molecule has 2 fully saturated rings. The standard InChI is InChI=1S/C6H11N3O/c10-6-1-4-2-8-9-5(4)3-7-6/h4-5,8-9H,1-3H2,(H,7,10). The molecular weight excluding hydrogens is 130 g/mol. The van der Waals surface area contributed by atoms with Crippen molar-refractivity contribution in [2.24, 2.45) is 5.92 Å². The summed E-state index contributed by atoms with van der Waals surface area (Å²) < 4.78 is 0. The van der Waals surface area contributed by atoms with Crippen LogP contribution in [0.25, 0.3) is 0 Å². The Kier molecular flexibility index (Phi) is 1.35. The minimum atomic E-state index is 0.187. The molecule has 0 aromatic rings. The Balaban J connectivity index is 2.03. The highest BCUT2D eigenvalue weighted by Crippen LogP contribution is 2.14. The Labute approximate surface area is 59.3 Å². The summed E-state index contributed by atoms with van der Waals surface area (Å²) in [7, 11) is 0. The molecule has 4 nitrogen and oxygen atoms in total. The molecule has 0 bridgehead atoms. The van der Waals surface area contributed by atoms with Crippen molar-refractivity contribution in [2.75, 3.05) is 13.1 Å². The van der Waals surface area contributed by atoms with E-state index in [-0.39, 0.29) is 5.91 Å². The van der Waals surface area contributed by atoms with Crippen LogP contribution in [0.5, 0.6) is 0 Å². The van der Waals surface area contributed by atoms with Crippen molar-refractivity contribution in [3.05, 3.63) is 0 Å². The maximum Gasteiger partial charge on any atom is 0.220 e. The average molecular weight is 141 g/mol. The second-order valence-electron chi connectivity index (χ2n) is 2.90. The lowest BCUT2D eigenvalue weighted by molar-refractivity contribution is -0.123. The molecule has 2 rings (SSSR count). The van der Waals surface area contributed by atoms with Crippen LogP contribution >= 0.6 is 0 Å². The number of rotatable bonds is 0. The molecule has 2 aliphatic rings. The minimum absolute atomic E-state index is 0.187. The molecule has 0 radical (unpaired) electrons. The summed E-state index contributed by atoms with van der Waals surface area (Å²) in [6.45, 7) is 1.70. The molecule has 10 heavy (non-hydrogen) atoms. The zero-order valence-electron chi connectivity index (χ0n) is 5.68. The number of hydrogen-bond acceptors (Lipinski definition) is 3. The van der Waals surface area contributed by atoms with Crippen molar-refractivity contribution in [3.8, 4) is 0 Å². The third kappa shape index (κ3) is 0.892. The van der Waals surface area contributed by atoms with Crippen LogP contribution in [-0.2, 0) is 4.79 Å². The Morgan fingerprint density at radius 2 is 2.30 bits per heavy atom. The van der Waals surface area contributed by atoms with Gasteiger partial charge in [0, 0.05) is 25.6 Å². The molecule has 1 amide bonds. The lowest BCUT2D eigenvalue weighted by Crippen LogP contribution is -2.47. The smallest absolute Gasteiger partial charge is 0.220 e. The fourth-order valence-electron chi connectivity index (χ4n) is 1.55. The summed E-state index contributed by atoms with van der Waals surface area (Å²) in [6, 6.07) is 0.456. The Hall–Kier alpha value is -0.610. The predicted octanol–water partition coefficient (Wildman–Crippen LogP) is -1.40. The Morgan fingerprint density at radius 3 is 3.20 bits per heavy atom. The summed E-state index contributed by atoms with van der Waals surface area (Å²) in [5, 5.41) is 2.81. The number of amides is 1. The van der Waals surface area contributed by atoms with Gasteiger partial charge in [-0.25, -0.2) is 0 Å². The average Bonchev–Trinajstić information content (AvgIpc) is 2.33. The molecule has 0 saturated carbocycles. The fraction of sp³-hybridized carbons (Fsp3) is 0.833. The van der Waals surface area contributed by atoms with Crippen molar-refractivity contribution in [1.82, 2.24) is 16.2 Å². The number of nitrogens with one attached hydrogen (secondary N) is 3. The van der Waals surface area contributed by atoms with Crippen molar-refractivity contribution in [2.45, 2.75) is 12.5 Å². The minimum Gasteiger partial charge on any atom is -0.354 e. The van der Waals surface area contributed by atoms with Crippen LogP contribution in [0.15, 0.2) is 0 Å². The van der Waals surface area contributed by atoms with Gasteiger partial charge in [-0.3, -0.25) is 15.6 Å². The zero-order valence-corrected chi connectivity index (χ0v) is 5.68. The van der Waals surface area contributed by atoms with Crippen molar-refractivity contribution >= 4 is 5.91 Å². The lowest BCUT2D eigenvalue weighted by Gasteiger charge is -2.23. The molecular formula is C6H11N3O. The molecule has 4 heteroatoms. The summed E-state index contributed by atoms with van der Waals surface area (Å²) in [5.41, 5.74) is 6.16. The highest BCUT2D eigenvalue weighted by Gasteiger charge is 2.32.